The molecular weight excluding hydrogens is 343 g/mol. The predicted octanol–water partition coefficient (Wildman–Crippen LogP) is 3.48. The molecule has 2 rings (SSSR count). The average molecular weight is 355 g/mol. The summed E-state index contributed by atoms with van der Waals surface area (Å²) in [5.41, 5.74) is 0.594. The quantitative estimate of drug-likeness (QED) is 0.656. The second-order valence-corrected chi connectivity index (χ2v) is 5.18. The number of nitrogens with one attached hydrogen (secondary N) is 1. The number of nitrogens with zero attached hydrogens (tertiary/aromatic N) is 1. The van der Waals surface area contributed by atoms with Gasteiger partial charge < -0.3 is 14.5 Å². The van der Waals surface area contributed by atoms with Crippen molar-refractivity contribution < 1.29 is 18.7 Å². The molecule has 0 saturated heterocycles. The number of rotatable bonds is 5. The van der Waals surface area contributed by atoms with Crippen LogP contribution in [0.25, 0.3) is 6.08 Å². The molecule has 8 heteroatoms. The number of aromatic nitrogens is 1. The van der Waals surface area contributed by atoms with Crippen LogP contribution in [0.4, 0.5) is 5.82 Å². The Balaban J connectivity index is 1.86. The number of ether oxygens (including phenoxy) is 1. The Morgan fingerprint density at radius 2 is 2.22 bits per heavy atom. The molecule has 0 fully saturated rings. The molecule has 23 heavy (non-hydrogen) atoms. The van der Waals surface area contributed by atoms with Crippen molar-refractivity contribution >= 4 is 47.0 Å². The molecule has 0 unspecified atom stereocenters. The number of hydrogen-bond acceptors (Lipinski definition) is 5. The molecular formula is C15H12Cl2N2O4. The third-order valence-corrected chi connectivity index (χ3v) is 3.58. The maximum absolute atomic E-state index is 11.7. The van der Waals surface area contributed by atoms with Gasteiger partial charge in [0.05, 0.1) is 16.3 Å². The zero-order valence-corrected chi connectivity index (χ0v) is 13.5. The van der Waals surface area contributed by atoms with Crippen LogP contribution < -0.4 is 5.32 Å². The monoisotopic (exact) mass is 354 g/mol. The Bertz CT molecular complexity index is 742. The lowest BCUT2D eigenvalue weighted by molar-refractivity contribution is -0.142. The van der Waals surface area contributed by atoms with E-state index < -0.39 is 18.5 Å². The fourth-order valence-electron chi connectivity index (χ4n) is 1.53. The molecule has 6 nitrogen and oxygen atoms in total. The molecule has 0 bridgehead atoms. The van der Waals surface area contributed by atoms with Crippen LogP contribution in [-0.2, 0) is 14.3 Å². The fraction of sp³-hybridized carbons (Fsp3) is 0.133. The summed E-state index contributed by atoms with van der Waals surface area (Å²) in [4.78, 5) is 27.1. The second kappa shape index (κ2) is 7.80. The Morgan fingerprint density at radius 3 is 2.91 bits per heavy atom. The van der Waals surface area contributed by atoms with Crippen LogP contribution in [0.1, 0.15) is 11.3 Å². The van der Waals surface area contributed by atoms with E-state index in [0.717, 1.165) is 6.08 Å². The van der Waals surface area contributed by atoms with Gasteiger partial charge in [-0.2, -0.15) is 0 Å². The highest BCUT2D eigenvalue weighted by molar-refractivity contribution is 6.37. The lowest BCUT2D eigenvalue weighted by atomic mass is 10.3. The molecule has 0 spiro atoms. The van der Waals surface area contributed by atoms with Crippen LogP contribution in [0.5, 0.6) is 0 Å². The Labute approximate surface area is 142 Å². The molecule has 0 saturated carbocycles. The first-order valence-electron chi connectivity index (χ1n) is 6.46. The number of furan rings is 1. The molecule has 120 valence electrons. The van der Waals surface area contributed by atoms with Crippen molar-refractivity contribution in [3.63, 3.8) is 0 Å². The van der Waals surface area contributed by atoms with Crippen molar-refractivity contribution in [1.29, 1.82) is 0 Å². The summed E-state index contributed by atoms with van der Waals surface area (Å²) in [6, 6.07) is 3.36. The molecule has 0 aliphatic carbocycles. The molecule has 2 heterocycles. The van der Waals surface area contributed by atoms with E-state index in [4.69, 9.17) is 32.4 Å². The molecule has 2 aromatic rings. The van der Waals surface area contributed by atoms with Crippen molar-refractivity contribution in [2.75, 3.05) is 11.9 Å². The van der Waals surface area contributed by atoms with Gasteiger partial charge in [-0.3, -0.25) is 4.79 Å². The number of anilines is 1. The van der Waals surface area contributed by atoms with Crippen molar-refractivity contribution in [2.45, 2.75) is 6.92 Å². The number of pyridine rings is 1. The summed E-state index contributed by atoms with van der Waals surface area (Å²) >= 11 is 11.9. The van der Waals surface area contributed by atoms with Crippen LogP contribution in [-0.4, -0.2) is 23.5 Å². The van der Waals surface area contributed by atoms with E-state index in [9.17, 15) is 9.59 Å². The minimum atomic E-state index is -0.678. The summed E-state index contributed by atoms with van der Waals surface area (Å²) < 4.78 is 9.81. The van der Waals surface area contributed by atoms with E-state index >= 15 is 0 Å². The Hall–Kier alpha value is -2.31. The first-order chi connectivity index (χ1) is 11.0. The predicted molar refractivity (Wildman–Crippen MR) is 86.3 cm³/mol. The Morgan fingerprint density at radius 1 is 1.43 bits per heavy atom. The van der Waals surface area contributed by atoms with Gasteiger partial charge in [0.25, 0.3) is 5.91 Å². The van der Waals surface area contributed by atoms with Gasteiger partial charge in [0, 0.05) is 12.3 Å². The first kappa shape index (κ1) is 17.1. The lowest BCUT2D eigenvalue weighted by Gasteiger charge is -2.08. The maximum atomic E-state index is 11.7. The van der Waals surface area contributed by atoms with Gasteiger partial charge in [0.2, 0.25) is 0 Å². The Kier molecular flexibility index (Phi) is 5.78. The maximum Gasteiger partial charge on any atom is 0.331 e. The van der Waals surface area contributed by atoms with E-state index in [1.54, 1.807) is 19.1 Å². The topological polar surface area (TPSA) is 81.4 Å². The van der Waals surface area contributed by atoms with E-state index in [2.05, 4.69) is 10.3 Å². The molecule has 0 aromatic carbocycles. The molecule has 1 amide bonds. The molecule has 0 aliphatic heterocycles. The third kappa shape index (κ3) is 4.84. The number of halogens is 2. The number of hydrogen-bond donors (Lipinski definition) is 1. The van der Waals surface area contributed by atoms with E-state index in [0.29, 0.717) is 16.3 Å². The highest BCUT2D eigenvalue weighted by atomic mass is 35.5. The summed E-state index contributed by atoms with van der Waals surface area (Å²) in [6.45, 7) is 1.22. The van der Waals surface area contributed by atoms with Gasteiger partial charge in [-0.25, -0.2) is 9.78 Å². The van der Waals surface area contributed by atoms with Gasteiger partial charge in [0.15, 0.2) is 12.4 Å². The van der Waals surface area contributed by atoms with Gasteiger partial charge in [0.1, 0.15) is 5.76 Å². The van der Waals surface area contributed by atoms with Crippen molar-refractivity contribution in [3.8, 4) is 0 Å². The van der Waals surface area contributed by atoms with E-state index in [1.807, 2.05) is 0 Å². The number of amides is 1. The molecule has 0 atom stereocenters. The smallest absolute Gasteiger partial charge is 0.331 e. The van der Waals surface area contributed by atoms with Crippen LogP contribution in [0.3, 0.4) is 0 Å². The van der Waals surface area contributed by atoms with Gasteiger partial charge in [-0.05, 0) is 30.7 Å². The normalized spacial score (nSPS) is 10.7. The molecule has 2 aromatic heterocycles. The van der Waals surface area contributed by atoms with Crippen molar-refractivity contribution in [2.24, 2.45) is 0 Å². The molecule has 0 radical (unpaired) electrons. The summed E-state index contributed by atoms with van der Waals surface area (Å²) in [5, 5.41) is 3.07. The van der Waals surface area contributed by atoms with Crippen molar-refractivity contribution in [3.05, 3.63) is 52.0 Å². The van der Waals surface area contributed by atoms with Gasteiger partial charge in [-0.1, -0.05) is 23.2 Å². The number of esters is 1. The largest absolute Gasteiger partial charge is 0.465 e. The lowest BCUT2D eigenvalue weighted by Crippen LogP contribution is -2.21. The summed E-state index contributed by atoms with van der Waals surface area (Å²) in [6.07, 6.45) is 5.44. The average Bonchev–Trinajstić information content (AvgIpc) is 3.05. The summed E-state index contributed by atoms with van der Waals surface area (Å²) in [5.74, 6) is -0.594. The summed E-state index contributed by atoms with van der Waals surface area (Å²) in [7, 11) is 0. The zero-order valence-electron chi connectivity index (χ0n) is 12.0. The highest BCUT2D eigenvalue weighted by Crippen LogP contribution is 2.28. The molecule has 1 N–H and O–H groups in total. The van der Waals surface area contributed by atoms with Gasteiger partial charge >= 0.3 is 5.97 Å². The second-order valence-electron chi connectivity index (χ2n) is 4.40. The van der Waals surface area contributed by atoms with Crippen LogP contribution in [0.15, 0.2) is 35.1 Å². The number of carbonyl (C=O) groups is 2. The first-order valence-corrected chi connectivity index (χ1v) is 7.21. The fourth-order valence-corrected chi connectivity index (χ4v) is 1.92. The van der Waals surface area contributed by atoms with Crippen LogP contribution >= 0.6 is 23.2 Å². The van der Waals surface area contributed by atoms with E-state index in [-0.39, 0.29) is 10.8 Å². The SMILES string of the molecule is Cc1c(Cl)cnc(NC(=O)COC(=O)C=Cc2ccco2)c1Cl. The van der Waals surface area contributed by atoms with E-state index in [1.165, 1.54) is 18.5 Å². The van der Waals surface area contributed by atoms with Crippen LogP contribution in [0.2, 0.25) is 10.0 Å². The number of carbonyl (C=O) groups excluding carboxylic acids is 2. The standard InChI is InChI=1S/C15H12Cl2N2O4/c1-9-11(16)7-18-15(14(9)17)19-12(20)8-23-13(21)5-4-10-3-2-6-22-10/h2-7H,8H2,1H3,(H,18,19,20). The zero-order chi connectivity index (χ0) is 16.8. The van der Waals surface area contributed by atoms with Crippen LogP contribution in [0, 0.1) is 6.92 Å². The molecule has 0 aliphatic rings. The van der Waals surface area contributed by atoms with Crippen molar-refractivity contribution in [1.82, 2.24) is 4.98 Å². The third-order valence-electron chi connectivity index (χ3n) is 2.73. The van der Waals surface area contributed by atoms with Gasteiger partial charge in [-0.15, -0.1) is 0 Å². The minimum absolute atomic E-state index is 0.153. The highest BCUT2D eigenvalue weighted by Gasteiger charge is 2.12. The minimum Gasteiger partial charge on any atom is -0.465 e.